The first-order valence-corrected chi connectivity index (χ1v) is 14.1. The second-order valence-corrected chi connectivity index (χ2v) is 11.8. The van der Waals surface area contributed by atoms with Gasteiger partial charge in [-0.25, -0.2) is 8.42 Å². The Morgan fingerprint density at radius 1 is 1.08 bits per heavy atom. The van der Waals surface area contributed by atoms with Gasteiger partial charge in [-0.15, -0.1) is 0 Å². The Kier molecular flexibility index (Phi) is 6.93. The van der Waals surface area contributed by atoms with Gasteiger partial charge in [0.15, 0.2) is 4.80 Å². The number of thiazole rings is 1. The van der Waals surface area contributed by atoms with Crippen molar-refractivity contribution < 1.29 is 17.9 Å². The molecule has 3 aromatic carbocycles. The van der Waals surface area contributed by atoms with Gasteiger partial charge in [0.05, 0.1) is 37.5 Å². The number of fused-ring (bicyclic) bond motifs is 2. The first kappa shape index (κ1) is 25.0. The van der Waals surface area contributed by atoms with Crippen molar-refractivity contribution in [2.45, 2.75) is 17.9 Å². The number of sulfonamides is 1. The quantitative estimate of drug-likeness (QED) is 0.326. The summed E-state index contributed by atoms with van der Waals surface area (Å²) in [5.74, 6) is -0.495. The Morgan fingerprint density at radius 2 is 1.83 bits per heavy atom. The van der Waals surface area contributed by atoms with Crippen molar-refractivity contribution in [1.29, 1.82) is 0 Å². The highest BCUT2D eigenvalue weighted by Crippen LogP contribution is 2.33. The van der Waals surface area contributed by atoms with E-state index >= 15 is 0 Å². The van der Waals surface area contributed by atoms with Crippen LogP contribution in [0.15, 0.2) is 70.6 Å². The van der Waals surface area contributed by atoms with Gasteiger partial charge < -0.3 is 9.30 Å². The normalized spacial score (nSPS) is 14.0. The zero-order valence-electron chi connectivity index (χ0n) is 19.1. The van der Waals surface area contributed by atoms with E-state index in [1.54, 1.807) is 23.8 Å². The summed E-state index contributed by atoms with van der Waals surface area (Å²) >= 11 is 14.0. The molecular weight excluding hydrogens is 541 g/mol. The number of hydrogen-bond donors (Lipinski definition) is 0. The summed E-state index contributed by atoms with van der Waals surface area (Å²) in [5, 5.41) is 0.789. The number of hydrogen-bond acceptors (Lipinski definition) is 5. The van der Waals surface area contributed by atoms with Crippen LogP contribution < -0.4 is 9.11 Å². The third-order valence-corrected chi connectivity index (χ3v) is 9.65. The summed E-state index contributed by atoms with van der Waals surface area (Å²) in [6.45, 7) is 1.21. The van der Waals surface area contributed by atoms with Gasteiger partial charge >= 0.3 is 0 Å². The minimum atomic E-state index is -3.75. The molecule has 1 aliphatic heterocycles. The van der Waals surface area contributed by atoms with E-state index in [2.05, 4.69) is 4.99 Å². The van der Waals surface area contributed by atoms with Crippen LogP contribution in [0.1, 0.15) is 15.9 Å². The second kappa shape index (κ2) is 9.99. The summed E-state index contributed by atoms with van der Waals surface area (Å²) in [6, 6.07) is 16.8. The van der Waals surface area contributed by atoms with Crippen LogP contribution in [0, 0.1) is 0 Å². The summed E-state index contributed by atoms with van der Waals surface area (Å²) in [6.07, 6.45) is 0.665. The predicted molar refractivity (Wildman–Crippen MR) is 143 cm³/mol. The topological polar surface area (TPSA) is 81.0 Å². The molecule has 0 saturated carbocycles. The Bertz CT molecular complexity index is 1640. The van der Waals surface area contributed by atoms with Gasteiger partial charge in [0.2, 0.25) is 0 Å². The molecule has 36 heavy (non-hydrogen) atoms. The molecule has 0 unspecified atom stereocenters. The summed E-state index contributed by atoms with van der Waals surface area (Å²) in [5.41, 5.74) is 2.65. The average molecular weight is 563 g/mol. The molecular formula is C25H21Cl2N3O4S2. The number of nitrogens with zero attached hydrogens (tertiary/aromatic N) is 3. The lowest BCUT2D eigenvalue weighted by molar-refractivity contribution is 0.0997. The van der Waals surface area contributed by atoms with Crippen LogP contribution in [-0.2, 0) is 27.7 Å². The Morgan fingerprint density at radius 3 is 2.58 bits per heavy atom. The van der Waals surface area contributed by atoms with E-state index in [4.69, 9.17) is 27.9 Å². The lowest BCUT2D eigenvalue weighted by Crippen LogP contribution is -2.29. The molecule has 0 aliphatic carbocycles. The maximum atomic E-state index is 13.3. The summed E-state index contributed by atoms with van der Waals surface area (Å²) < 4.78 is 35.8. The van der Waals surface area contributed by atoms with E-state index in [0.717, 1.165) is 10.3 Å². The second-order valence-electron chi connectivity index (χ2n) is 8.13. The third kappa shape index (κ3) is 4.46. The van der Waals surface area contributed by atoms with Gasteiger partial charge in [0.25, 0.3) is 15.9 Å². The number of aromatic nitrogens is 1. The van der Waals surface area contributed by atoms with Gasteiger partial charge in [-0.2, -0.15) is 4.99 Å². The minimum absolute atomic E-state index is 0.120. The standard InChI is InChI=1S/C25H21Cl2N3O4S2/c1-34-15-14-29-23-21(11-10-19(26)22(23)27)35-25(29)28-24(31)17-6-8-18(9-7-17)36(32,33)30-13-12-16-4-2-3-5-20(16)30/h2-11H,12-15H2,1H3. The van der Waals surface area contributed by atoms with Gasteiger partial charge in [0, 0.05) is 25.8 Å². The molecule has 0 radical (unpaired) electrons. The molecule has 1 amide bonds. The maximum absolute atomic E-state index is 13.3. The number of carbonyl (C=O) groups excluding carboxylic acids is 1. The number of halogens is 2. The minimum Gasteiger partial charge on any atom is -0.383 e. The van der Waals surface area contributed by atoms with Crippen molar-refractivity contribution in [3.8, 4) is 0 Å². The number of ether oxygens (including phenoxy) is 1. The van der Waals surface area contributed by atoms with Crippen LogP contribution in [0.2, 0.25) is 10.0 Å². The van der Waals surface area contributed by atoms with Gasteiger partial charge in [-0.3, -0.25) is 9.10 Å². The van der Waals surface area contributed by atoms with Crippen LogP contribution in [-0.4, -0.2) is 39.2 Å². The molecule has 0 saturated heterocycles. The Balaban J connectivity index is 1.48. The molecule has 7 nitrogen and oxygen atoms in total. The summed E-state index contributed by atoms with van der Waals surface area (Å²) in [7, 11) is -2.16. The molecule has 0 fully saturated rings. The van der Waals surface area contributed by atoms with Gasteiger partial charge in [-0.1, -0.05) is 52.7 Å². The Hall–Kier alpha value is -2.69. The van der Waals surface area contributed by atoms with E-state index in [9.17, 15) is 13.2 Å². The average Bonchev–Trinajstić information content (AvgIpc) is 3.47. The highest BCUT2D eigenvalue weighted by atomic mass is 35.5. The fraction of sp³-hybridized carbons (Fsp3) is 0.200. The number of rotatable bonds is 6. The monoisotopic (exact) mass is 561 g/mol. The van der Waals surface area contributed by atoms with Crippen molar-refractivity contribution in [2.24, 2.45) is 4.99 Å². The zero-order valence-corrected chi connectivity index (χ0v) is 22.3. The molecule has 0 spiro atoms. The van der Waals surface area contributed by atoms with E-state index < -0.39 is 15.9 Å². The molecule has 1 aromatic heterocycles. The largest absolute Gasteiger partial charge is 0.383 e. The predicted octanol–water partition coefficient (Wildman–Crippen LogP) is 5.15. The first-order chi connectivity index (χ1) is 17.3. The smallest absolute Gasteiger partial charge is 0.279 e. The highest BCUT2D eigenvalue weighted by molar-refractivity contribution is 7.92. The van der Waals surface area contributed by atoms with Crippen molar-refractivity contribution in [2.75, 3.05) is 24.6 Å². The van der Waals surface area contributed by atoms with Crippen molar-refractivity contribution in [3.05, 3.63) is 86.6 Å². The third-order valence-electron chi connectivity index (χ3n) is 5.98. The molecule has 5 rings (SSSR count). The lowest BCUT2D eigenvalue weighted by atomic mass is 10.2. The first-order valence-electron chi connectivity index (χ1n) is 11.1. The number of benzene rings is 3. The van der Waals surface area contributed by atoms with Crippen LogP contribution in [0.5, 0.6) is 0 Å². The molecule has 0 bridgehead atoms. The molecule has 186 valence electrons. The van der Waals surface area contributed by atoms with Gasteiger partial charge in [0.1, 0.15) is 0 Å². The van der Waals surface area contributed by atoms with E-state index in [0.29, 0.717) is 52.2 Å². The number of para-hydroxylation sites is 1. The van der Waals surface area contributed by atoms with Crippen LogP contribution in [0.3, 0.4) is 0 Å². The zero-order chi connectivity index (χ0) is 25.4. The lowest BCUT2D eigenvalue weighted by Gasteiger charge is -2.19. The van der Waals surface area contributed by atoms with Crippen molar-refractivity contribution in [1.82, 2.24) is 4.57 Å². The highest BCUT2D eigenvalue weighted by Gasteiger charge is 2.30. The fourth-order valence-electron chi connectivity index (χ4n) is 4.18. The van der Waals surface area contributed by atoms with Crippen LogP contribution in [0.25, 0.3) is 10.2 Å². The van der Waals surface area contributed by atoms with Crippen molar-refractivity contribution in [3.63, 3.8) is 0 Å². The van der Waals surface area contributed by atoms with Crippen LogP contribution >= 0.6 is 34.5 Å². The number of carbonyl (C=O) groups is 1. The van der Waals surface area contributed by atoms with Gasteiger partial charge in [-0.05, 0) is 54.4 Å². The van der Waals surface area contributed by atoms with E-state index in [1.165, 1.54) is 39.9 Å². The Labute approximate surface area is 222 Å². The molecule has 1 aliphatic rings. The van der Waals surface area contributed by atoms with E-state index in [-0.39, 0.29) is 10.5 Å². The molecule has 4 aromatic rings. The molecule has 11 heteroatoms. The molecule has 2 heterocycles. The molecule has 0 N–H and O–H groups in total. The number of methoxy groups -OCH3 is 1. The van der Waals surface area contributed by atoms with Crippen molar-refractivity contribution >= 4 is 66.4 Å². The fourth-order valence-corrected chi connectivity index (χ4v) is 7.23. The summed E-state index contributed by atoms with van der Waals surface area (Å²) in [4.78, 5) is 17.9. The molecule has 0 atom stereocenters. The SMILES string of the molecule is COCCn1c(=NC(=O)c2ccc(S(=O)(=O)N3CCc4ccccc43)cc2)sc2ccc(Cl)c(Cl)c21. The number of amides is 1. The maximum Gasteiger partial charge on any atom is 0.279 e. The van der Waals surface area contributed by atoms with E-state index in [1.807, 2.05) is 24.3 Å². The van der Waals surface area contributed by atoms with Crippen LogP contribution in [0.4, 0.5) is 5.69 Å². The number of anilines is 1.